The lowest BCUT2D eigenvalue weighted by Crippen LogP contribution is -2.12. The lowest BCUT2D eigenvalue weighted by molar-refractivity contribution is -0.119. The molecule has 1 aliphatic rings. The van der Waals surface area contributed by atoms with Crippen molar-refractivity contribution in [2.75, 3.05) is 0 Å². The summed E-state index contributed by atoms with van der Waals surface area (Å²) in [6.07, 6.45) is 0.739. The van der Waals surface area contributed by atoms with Gasteiger partial charge in [-0.15, -0.1) is 0 Å². The van der Waals surface area contributed by atoms with Gasteiger partial charge in [0, 0.05) is 18.4 Å². The van der Waals surface area contributed by atoms with Gasteiger partial charge in [-0.3, -0.25) is 9.59 Å². The van der Waals surface area contributed by atoms with E-state index in [1.807, 2.05) is 42.5 Å². The Balaban J connectivity index is 1.85. The lowest BCUT2D eigenvalue weighted by atomic mass is 9.92. The van der Waals surface area contributed by atoms with Crippen LogP contribution in [0.4, 0.5) is 0 Å². The van der Waals surface area contributed by atoms with Gasteiger partial charge in [0.25, 0.3) is 0 Å². The third kappa shape index (κ3) is 2.22. The Labute approximate surface area is 112 Å². The highest BCUT2D eigenvalue weighted by atomic mass is 16.1. The van der Waals surface area contributed by atoms with Crippen molar-refractivity contribution in [3.05, 3.63) is 71.3 Å². The van der Waals surface area contributed by atoms with E-state index in [9.17, 15) is 9.59 Å². The van der Waals surface area contributed by atoms with Gasteiger partial charge in [0.05, 0.1) is 5.92 Å². The van der Waals surface area contributed by atoms with Crippen molar-refractivity contribution >= 4 is 11.6 Å². The summed E-state index contributed by atoms with van der Waals surface area (Å²) in [5, 5.41) is 0. The summed E-state index contributed by atoms with van der Waals surface area (Å²) < 4.78 is 0. The van der Waals surface area contributed by atoms with E-state index in [-0.39, 0.29) is 23.9 Å². The van der Waals surface area contributed by atoms with Gasteiger partial charge >= 0.3 is 0 Å². The smallest absolute Gasteiger partial charge is 0.163 e. The van der Waals surface area contributed by atoms with Crippen molar-refractivity contribution < 1.29 is 9.59 Å². The minimum absolute atomic E-state index is 0.0376. The van der Waals surface area contributed by atoms with Crippen LogP contribution in [0.5, 0.6) is 0 Å². The molecule has 0 heterocycles. The zero-order chi connectivity index (χ0) is 13.2. The molecule has 19 heavy (non-hydrogen) atoms. The van der Waals surface area contributed by atoms with Crippen LogP contribution in [-0.2, 0) is 11.2 Å². The first-order chi connectivity index (χ1) is 9.25. The molecule has 3 rings (SSSR count). The van der Waals surface area contributed by atoms with Gasteiger partial charge in [-0.2, -0.15) is 0 Å². The van der Waals surface area contributed by atoms with Crippen LogP contribution in [0.1, 0.15) is 33.8 Å². The van der Waals surface area contributed by atoms with Crippen LogP contribution in [0.2, 0.25) is 0 Å². The number of Topliss-reactive ketones (excluding diaryl/α,β-unsaturated/α-hetero) is 2. The average Bonchev–Trinajstić information content (AvgIpc) is 2.76. The van der Waals surface area contributed by atoms with E-state index >= 15 is 0 Å². The molecular weight excluding hydrogens is 236 g/mol. The van der Waals surface area contributed by atoms with Crippen LogP contribution < -0.4 is 0 Å². The molecule has 0 fully saturated rings. The van der Waals surface area contributed by atoms with Gasteiger partial charge in [0.1, 0.15) is 5.78 Å². The standard InChI is InChI=1S/C17H14O2/c18-16(12-6-2-1-3-7-12)11-15-14-9-5-4-8-13(14)10-17(15)19/h1-9,15H,10-11H2/t15-/m0/s1. The van der Waals surface area contributed by atoms with Crippen molar-refractivity contribution in [1.82, 2.24) is 0 Å². The van der Waals surface area contributed by atoms with Crippen LogP contribution in [0, 0.1) is 0 Å². The van der Waals surface area contributed by atoms with Gasteiger partial charge in [-0.05, 0) is 11.1 Å². The van der Waals surface area contributed by atoms with Crippen LogP contribution in [0.15, 0.2) is 54.6 Å². The molecule has 0 saturated heterocycles. The van der Waals surface area contributed by atoms with Gasteiger partial charge in [0.2, 0.25) is 0 Å². The van der Waals surface area contributed by atoms with Crippen molar-refractivity contribution in [3.8, 4) is 0 Å². The van der Waals surface area contributed by atoms with Gasteiger partial charge in [0.15, 0.2) is 5.78 Å². The number of carbonyl (C=O) groups is 2. The molecular formula is C17H14O2. The first-order valence-corrected chi connectivity index (χ1v) is 6.44. The molecule has 0 aromatic heterocycles. The summed E-state index contributed by atoms with van der Waals surface area (Å²) >= 11 is 0. The zero-order valence-corrected chi connectivity index (χ0v) is 10.5. The monoisotopic (exact) mass is 250 g/mol. The van der Waals surface area contributed by atoms with E-state index in [4.69, 9.17) is 0 Å². The van der Waals surface area contributed by atoms with E-state index in [1.54, 1.807) is 12.1 Å². The normalized spacial score (nSPS) is 17.3. The molecule has 2 aromatic carbocycles. The predicted molar refractivity (Wildman–Crippen MR) is 73.3 cm³/mol. The Morgan fingerprint density at radius 1 is 1.00 bits per heavy atom. The predicted octanol–water partition coefficient (Wildman–Crippen LogP) is 3.17. The van der Waals surface area contributed by atoms with Crippen LogP contribution in [0.3, 0.4) is 0 Å². The maximum Gasteiger partial charge on any atom is 0.163 e. The molecule has 0 radical (unpaired) electrons. The Bertz CT molecular complexity index is 629. The first kappa shape index (κ1) is 11.8. The number of hydrogen-bond acceptors (Lipinski definition) is 2. The molecule has 2 nitrogen and oxygen atoms in total. The largest absolute Gasteiger partial charge is 0.299 e. The minimum Gasteiger partial charge on any atom is -0.299 e. The summed E-state index contributed by atoms with van der Waals surface area (Å²) in [6.45, 7) is 0. The SMILES string of the molecule is O=C(C[C@@H]1C(=O)Cc2ccccc21)c1ccccc1. The molecule has 2 aromatic rings. The van der Waals surface area contributed by atoms with E-state index in [0.717, 1.165) is 11.1 Å². The van der Waals surface area contributed by atoms with Crippen LogP contribution in [0.25, 0.3) is 0 Å². The molecule has 0 spiro atoms. The fraction of sp³-hybridized carbons (Fsp3) is 0.176. The highest BCUT2D eigenvalue weighted by Crippen LogP contribution is 2.33. The van der Waals surface area contributed by atoms with E-state index in [2.05, 4.69) is 0 Å². The molecule has 94 valence electrons. The summed E-state index contributed by atoms with van der Waals surface area (Å²) in [7, 11) is 0. The van der Waals surface area contributed by atoms with E-state index in [1.165, 1.54) is 0 Å². The molecule has 0 aliphatic heterocycles. The molecule has 0 unspecified atom stereocenters. The Kier molecular flexibility index (Phi) is 3.00. The van der Waals surface area contributed by atoms with E-state index < -0.39 is 0 Å². The second-order valence-electron chi connectivity index (χ2n) is 4.89. The Morgan fingerprint density at radius 3 is 2.47 bits per heavy atom. The fourth-order valence-corrected chi connectivity index (χ4v) is 2.67. The highest BCUT2D eigenvalue weighted by Gasteiger charge is 2.31. The number of benzene rings is 2. The Morgan fingerprint density at radius 2 is 1.68 bits per heavy atom. The topological polar surface area (TPSA) is 34.1 Å². The first-order valence-electron chi connectivity index (χ1n) is 6.44. The summed E-state index contributed by atoms with van der Waals surface area (Å²) in [5.74, 6) is -0.0648. The third-order valence-corrected chi connectivity index (χ3v) is 3.67. The molecule has 1 aliphatic carbocycles. The van der Waals surface area contributed by atoms with Crippen molar-refractivity contribution in [3.63, 3.8) is 0 Å². The average molecular weight is 250 g/mol. The lowest BCUT2D eigenvalue weighted by Gasteiger charge is -2.09. The number of fused-ring (bicyclic) bond motifs is 1. The maximum atomic E-state index is 12.2. The van der Waals surface area contributed by atoms with Crippen molar-refractivity contribution in [1.29, 1.82) is 0 Å². The van der Waals surface area contributed by atoms with E-state index in [0.29, 0.717) is 12.0 Å². The number of carbonyl (C=O) groups excluding carboxylic acids is 2. The molecule has 2 heteroatoms. The quantitative estimate of drug-likeness (QED) is 0.784. The third-order valence-electron chi connectivity index (χ3n) is 3.67. The second-order valence-corrected chi connectivity index (χ2v) is 4.89. The molecule has 0 N–H and O–H groups in total. The van der Waals surface area contributed by atoms with Gasteiger partial charge < -0.3 is 0 Å². The maximum absolute atomic E-state index is 12.2. The number of hydrogen-bond donors (Lipinski definition) is 0. The Hall–Kier alpha value is -2.22. The summed E-state index contributed by atoms with van der Waals surface area (Å²) in [5.41, 5.74) is 2.77. The van der Waals surface area contributed by atoms with Crippen LogP contribution >= 0.6 is 0 Å². The molecule has 0 saturated carbocycles. The number of ketones is 2. The summed E-state index contributed by atoms with van der Waals surface area (Å²) in [4.78, 5) is 24.2. The van der Waals surface area contributed by atoms with Gasteiger partial charge in [-0.1, -0.05) is 54.6 Å². The molecule has 1 atom stereocenters. The van der Waals surface area contributed by atoms with Gasteiger partial charge in [-0.25, -0.2) is 0 Å². The fourth-order valence-electron chi connectivity index (χ4n) is 2.67. The van der Waals surface area contributed by atoms with Crippen molar-refractivity contribution in [2.45, 2.75) is 18.8 Å². The summed E-state index contributed by atoms with van der Waals surface area (Å²) in [6, 6.07) is 17.0. The highest BCUT2D eigenvalue weighted by molar-refractivity contribution is 6.02. The minimum atomic E-state index is -0.260. The van der Waals surface area contributed by atoms with Crippen molar-refractivity contribution in [2.24, 2.45) is 0 Å². The number of rotatable bonds is 3. The molecule has 0 amide bonds. The zero-order valence-electron chi connectivity index (χ0n) is 10.5. The second kappa shape index (κ2) is 4.81. The molecule has 0 bridgehead atoms. The van der Waals surface area contributed by atoms with Crippen LogP contribution in [-0.4, -0.2) is 11.6 Å².